The van der Waals surface area contributed by atoms with E-state index in [0.717, 1.165) is 50.3 Å². The summed E-state index contributed by atoms with van der Waals surface area (Å²) in [6.45, 7) is 1.11. The minimum Gasteiger partial charge on any atom is -0.339 e. The number of hydrogen-bond donors (Lipinski definition) is 1. The van der Waals surface area contributed by atoms with Crippen molar-refractivity contribution >= 4 is 15.9 Å². The van der Waals surface area contributed by atoms with Crippen LogP contribution in [0.1, 0.15) is 42.5 Å². The number of nitrogens with zero attached hydrogens (tertiary/aromatic N) is 1. The molecule has 0 bridgehead atoms. The molecule has 1 aromatic carbocycles. The third kappa shape index (κ3) is 4.01. The number of nitrogens with two attached hydrogens (primary N) is 1. The molecule has 0 radical (unpaired) electrons. The van der Waals surface area contributed by atoms with Crippen LogP contribution in [0.3, 0.4) is 0 Å². The minimum absolute atomic E-state index is 0.182. The van der Waals surface area contributed by atoms with Crippen molar-refractivity contribution in [1.82, 2.24) is 4.90 Å². The van der Waals surface area contributed by atoms with E-state index < -0.39 is 21.7 Å². The Balaban J connectivity index is 2.35. The summed E-state index contributed by atoms with van der Waals surface area (Å²) in [6, 6.07) is 2.98. The summed E-state index contributed by atoms with van der Waals surface area (Å²) in [5, 5.41) is 5.11. The van der Waals surface area contributed by atoms with E-state index in [-0.39, 0.29) is 10.5 Å². The van der Waals surface area contributed by atoms with E-state index >= 15 is 0 Å². The van der Waals surface area contributed by atoms with Crippen molar-refractivity contribution in [2.75, 3.05) is 13.1 Å². The van der Waals surface area contributed by atoms with Crippen LogP contribution in [-0.4, -0.2) is 32.3 Å². The lowest BCUT2D eigenvalue weighted by molar-refractivity contribution is 0.0738. The number of benzene rings is 1. The molecular formula is C14H19FN2O3S. The summed E-state index contributed by atoms with van der Waals surface area (Å²) < 4.78 is 36.5. The van der Waals surface area contributed by atoms with Crippen LogP contribution >= 0.6 is 0 Å². The molecule has 1 amide bonds. The molecule has 1 fully saturated rings. The van der Waals surface area contributed by atoms with Gasteiger partial charge in [-0.15, -0.1) is 0 Å². The smallest absolute Gasteiger partial charge is 0.255 e. The first kappa shape index (κ1) is 15.9. The number of halogens is 1. The van der Waals surface area contributed by atoms with E-state index in [9.17, 15) is 17.6 Å². The summed E-state index contributed by atoms with van der Waals surface area (Å²) in [4.78, 5) is 13.8. The summed E-state index contributed by atoms with van der Waals surface area (Å²) in [5.74, 6) is -1.13. The Morgan fingerprint density at radius 3 is 2.24 bits per heavy atom. The number of carbonyl (C=O) groups is 1. The topological polar surface area (TPSA) is 80.5 Å². The van der Waals surface area contributed by atoms with Gasteiger partial charge in [0.15, 0.2) is 0 Å². The normalized spacial score (nSPS) is 17.1. The largest absolute Gasteiger partial charge is 0.339 e. The van der Waals surface area contributed by atoms with Gasteiger partial charge >= 0.3 is 0 Å². The maximum atomic E-state index is 13.4. The van der Waals surface area contributed by atoms with Crippen LogP contribution in [0.15, 0.2) is 23.1 Å². The Bertz CT molecular complexity index is 623. The second kappa shape index (κ2) is 6.53. The summed E-state index contributed by atoms with van der Waals surface area (Å²) in [5.41, 5.74) is -0.182. The van der Waals surface area contributed by atoms with Crippen molar-refractivity contribution in [2.45, 2.75) is 37.0 Å². The van der Waals surface area contributed by atoms with Crippen molar-refractivity contribution in [3.63, 3.8) is 0 Å². The van der Waals surface area contributed by atoms with Crippen molar-refractivity contribution in [3.05, 3.63) is 29.6 Å². The molecule has 1 saturated heterocycles. The first-order chi connectivity index (χ1) is 9.89. The number of amides is 1. The van der Waals surface area contributed by atoms with Gasteiger partial charge in [0, 0.05) is 13.1 Å². The van der Waals surface area contributed by atoms with Crippen LogP contribution in [0, 0.1) is 5.82 Å². The quantitative estimate of drug-likeness (QED) is 0.905. The zero-order valence-corrected chi connectivity index (χ0v) is 12.5. The molecule has 5 nitrogen and oxygen atoms in total. The molecule has 7 heteroatoms. The van der Waals surface area contributed by atoms with Gasteiger partial charge in [-0.25, -0.2) is 17.9 Å². The number of sulfonamides is 1. The lowest BCUT2D eigenvalue weighted by atomic mass is 10.1. The zero-order chi connectivity index (χ0) is 15.5. The Morgan fingerprint density at radius 1 is 1.10 bits per heavy atom. The standard InChI is InChI=1S/C14H19FN2O3S/c15-11-6-7-13(21(16,19)20)12(10-11)14(18)17-8-4-2-1-3-5-9-17/h6-7,10H,1-5,8-9H2,(H2,16,19,20). The number of hydrogen-bond acceptors (Lipinski definition) is 3. The summed E-state index contributed by atoms with van der Waals surface area (Å²) in [7, 11) is -4.06. The molecule has 0 aliphatic carbocycles. The van der Waals surface area contributed by atoms with Gasteiger partial charge in [0.25, 0.3) is 5.91 Å². The van der Waals surface area contributed by atoms with E-state index in [0.29, 0.717) is 13.1 Å². The van der Waals surface area contributed by atoms with Crippen LogP contribution in [-0.2, 0) is 10.0 Å². The van der Waals surface area contributed by atoms with E-state index in [4.69, 9.17) is 5.14 Å². The Kier molecular flexibility index (Phi) is 4.95. The fourth-order valence-electron chi connectivity index (χ4n) is 2.54. The van der Waals surface area contributed by atoms with Gasteiger partial charge in [0.2, 0.25) is 10.0 Å². The lowest BCUT2D eigenvalue weighted by Crippen LogP contribution is -2.35. The van der Waals surface area contributed by atoms with Crippen LogP contribution < -0.4 is 5.14 Å². The average molecular weight is 314 g/mol. The van der Waals surface area contributed by atoms with Crippen molar-refractivity contribution in [3.8, 4) is 0 Å². The van der Waals surface area contributed by atoms with E-state index in [2.05, 4.69) is 0 Å². The number of likely N-dealkylation sites (tertiary alicyclic amines) is 1. The fraction of sp³-hybridized carbons (Fsp3) is 0.500. The second-order valence-electron chi connectivity index (χ2n) is 5.25. The predicted octanol–water partition coefficient (Wildman–Crippen LogP) is 1.88. The van der Waals surface area contributed by atoms with Gasteiger partial charge in [-0.1, -0.05) is 19.3 Å². The molecule has 116 valence electrons. The van der Waals surface area contributed by atoms with Crippen LogP contribution in [0.25, 0.3) is 0 Å². The highest BCUT2D eigenvalue weighted by atomic mass is 32.2. The molecule has 0 unspecified atom stereocenters. The molecule has 2 rings (SSSR count). The van der Waals surface area contributed by atoms with Gasteiger partial charge in [-0.2, -0.15) is 0 Å². The molecule has 1 heterocycles. The highest BCUT2D eigenvalue weighted by Crippen LogP contribution is 2.20. The van der Waals surface area contributed by atoms with Crippen LogP contribution in [0.5, 0.6) is 0 Å². The predicted molar refractivity (Wildman–Crippen MR) is 76.8 cm³/mol. The molecule has 1 aliphatic heterocycles. The number of carbonyl (C=O) groups excluding carboxylic acids is 1. The fourth-order valence-corrected chi connectivity index (χ4v) is 3.25. The highest BCUT2D eigenvalue weighted by molar-refractivity contribution is 7.89. The van der Waals surface area contributed by atoms with Crippen molar-refractivity contribution in [1.29, 1.82) is 0 Å². The first-order valence-corrected chi connectivity index (χ1v) is 8.56. The van der Waals surface area contributed by atoms with Gasteiger partial charge in [0.05, 0.1) is 10.5 Å². The molecule has 1 aromatic rings. The molecule has 2 N–H and O–H groups in total. The maximum Gasteiger partial charge on any atom is 0.255 e. The van der Waals surface area contributed by atoms with Gasteiger partial charge < -0.3 is 4.90 Å². The number of rotatable bonds is 2. The Labute approximate surface area is 124 Å². The van der Waals surface area contributed by atoms with Gasteiger partial charge in [-0.3, -0.25) is 4.79 Å². The van der Waals surface area contributed by atoms with Crippen LogP contribution in [0.4, 0.5) is 4.39 Å². The lowest BCUT2D eigenvalue weighted by Gasteiger charge is -2.25. The van der Waals surface area contributed by atoms with Crippen LogP contribution in [0.2, 0.25) is 0 Å². The molecule has 0 spiro atoms. The monoisotopic (exact) mass is 314 g/mol. The summed E-state index contributed by atoms with van der Waals surface area (Å²) in [6.07, 6.45) is 4.95. The molecule has 0 saturated carbocycles. The minimum atomic E-state index is -4.06. The molecule has 0 aromatic heterocycles. The maximum absolute atomic E-state index is 13.4. The van der Waals surface area contributed by atoms with E-state index in [1.807, 2.05) is 0 Å². The highest BCUT2D eigenvalue weighted by Gasteiger charge is 2.24. The van der Waals surface area contributed by atoms with Crippen molar-refractivity contribution in [2.24, 2.45) is 5.14 Å². The van der Waals surface area contributed by atoms with Gasteiger partial charge in [0.1, 0.15) is 5.82 Å². The van der Waals surface area contributed by atoms with E-state index in [1.165, 1.54) is 0 Å². The summed E-state index contributed by atoms with van der Waals surface area (Å²) >= 11 is 0. The third-order valence-corrected chi connectivity index (χ3v) is 4.59. The second-order valence-corrected chi connectivity index (χ2v) is 6.78. The zero-order valence-electron chi connectivity index (χ0n) is 11.7. The Hall–Kier alpha value is -1.47. The molecule has 1 aliphatic rings. The average Bonchev–Trinajstić information content (AvgIpc) is 2.36. The van der Waals surface area contributed by atoms with Crippen molar-refractivity contribution < 1.29 is 17.6 Å². The molecule has 0 atom stereocenters. The Morgan fingerprint density at radius 2 is 1.67 bits per heavy atom. The van der Waals surface area contributed by atoms with E-state index in [1.54, 1.807) is 4.90 Å². The number of primary sulfonamides is 1. The van der Waals surface area contributed by atoms with Gasteiger partial charge in [-0.05, 0) is 31.0 Å². The SMILES string of the molecule is NS(=O)(=O)c1ccc(F)cc1C(=O)N1CCCCCCC1. The first-order valence-electron chi connectivity index (χ1n) is 7.01. The third-order valence-electron chi connectivity index (χ3n) is 3.62. The molecule has 21 heavy (non-hydrogen) atoms. The molecular weight excluding hydrogens is 295 g/mol.